The maximum atomic E-state index is 11.4. The molecule has 0 heterocycles. The van der Waals surface area contributed by atoms with Crippen molar-refractivity contribution in [2.45, 2.75) is 79.1 Å². The minimum atomic E-state index is -1.06. The fourth-order valence-corrected chi connectivity index (χ4v) is 1.83. The molecule has 0 atom stereocenters. The highest BCUT2D eigenvalue weighted by Gasteiger charge is 2.24. The first-order valence-electron chi connectivity index (χ1n) is 9.26. The van der Waals surface area contributed by atoms with Gasteiger partial charge in [-0.15, -0.1) is 0 Å². The van der Waals surface area contributed by atoms with Gasteiger partial charge in [-0.1, -0.05) is 15.9 Å². The van der Waals surface area contributed by atoms with Crippen molar-refractivity contribution in [3.8, 4) is 0 Å². The summed E-state index contributed by atoms with van der Waals surface area (Å²) in [6.07, 6.45) is -2.56. The van der Waals surface area contributed by atoms with Gasteiger partial charge in [0.25, 0.3) is 0 Å². The Labute approximate surface area is 186 Å². The molecule has 0 saturated heterocycles. The molecule has 0 fully saturated rings. The van der Waals surface area contributed by atoms with Crippen molar-refractivity contribution in [1.29, 1.82) is 0 Å². The highest BCUT2D eigenvalue weighted by molar-refractivity contribution is 9.10. The summed E-state index contributed by atoms with van der Waals surface area (Å²) in [4.78, 5) is 33.4. The summed E-state index contributed by atoms with van der Waals surface area (Å²) in [5.74, 6) is 0. The zero-order valence-electron chi connectivity index (χ0n) is 19.0. The van der Waals surface area contributed by atoms with E-state index in [4.69, 9.17) is 14.2 Å². The van der Waals surface area contributed by atoms with E-state index in [0.29, 0.717) is 5.69 Å². The average Bonchev–Trinajstić information content (AvgIpc) is 2.44. The van der Waals surface area contributed by atoms with Crippen molar-refractivity contribution in [1.82, 2.24) is 0 Å². The molecule has 0 aliphatic rings. The second kappa shape index (κ2) is 11.2. The summed E-state index contributed by atoms with van der Waals surface area (Å²) >= 11 is 3.32. The molecule has 0 radical (unpaired) electrons. The zero-order valence-corrected chi connectivity index (χ0v) is 20.6. The van der Waals surface area contributed by atoms with Crippen LogP contribution in [-0.2, 0) is 18.9 Å². The molecule has 0 saturated carbocycles. The minimum Gasteiger partial charge on any atom is -0.444 e. The number of ether oxygens (including phenoxy) is 4. The number of amides is 1. The molecule has 1 aromatic carbocycles. The summed E-state index contributed by atoms with van der Waals surface area (Å²) < 4.78 is 19.9. The lowest BCUT2D eigenvalue weighted by Gasteiger charge is -2.20. The molecule has 1 N–H and O–H groups in total. The Morgan fingerprint density at radius 3 is 1.40 bits per heavy atom. The van der Waals surface area contributed by atoms with E-state index in [2.05, 4.69) is 26.0 Å². The van der Waals surface area contributed by atoms with Crippen LogP contribution >= 0.6 is 15.9 Å². The highest BCUT2D eigenvalue weighted by atomic mass is 79.9. The van der Waals surface area contributed by atoms with E-state index in [1.807, 2.05) is 32.9 Å². The average molecular weight is 490 g/mol. The number of hydrogen-bond acceptors (Lipinski definition) is 7. The van der Waals surface area contributed by atoms with Crippen molar-refractivity contribution < 1.29 is 33.3 Å². The van der Waals surface area contributed by atoms with Gasteiger partial charge in [-0.3, -0.25) is 5.32 Å². The van der Waals surface area contributed by atoms with Gasteiger partial charge in [-0.05, 0) is 86.6 Å². The molecular formula is C21H32BrNO7. The molecule has 8 nitrogen and oxygen atoms in total. The van der Waals surface area contributed by atoms with Crippen LogP contribution < -0.4 is 5.32 Å². The van der Waals surface area contributed by atoms with Crippen molar-refractivity contribution in [2.75, 3.05) is 5.32 Å². The largest absolute Gasteiger partial charge is 0.519 e. The molecule has 0 aromatic heterocycles. The van der Waals surface area contributed by atoms with Gasteiger partial charge in [-0.2, -0.15) is 0 Å². The highest BCUT2D eigenvalue weighted by Crippen LogP contribution is 2.15. The van der Waals surface area contributed by atoms with Crippen LogP contribution in [0.2, 0.25) is 0 Å². The van der Waals surface area contributed by atoms with E-state index in [-0.39, 0.29) is 0 Å². The zero-order chi connectivity index (χ0) is 23.8. The Bertz CT molecular complexity index is 685. The lowest BCUT2D eigenvalue weighted by atomic mass is 10.2. The first kappa shape index (κ1) is 27.7. The molecule has 1 aromatic rings. The lowest BCUT2D eigenvalue weighted by molar-refractivity contribution is -0.0294. The van der Waals surface area contributed by atoms with Crippen LogP contribution in [0.5, 0.6) is 0 Å². The number of benzene rings is 1. The van der Waals surface area contributed by atoms with Gasteiger partial charge in [-0.25, -0.2) is 14.4 Å². The van der Waals surface area contributed by atoms with Crippen molar-refractivity contribution in [3.63, 3.8) is 0 Å². The second-order valence-electron chi connectivity index (χ2n) is 9.16. The summed E-state index contributed by atoms with van der Waals surface area (Å²) in [5, 5.41) is 2.64. The predicted molar refractivity (Wildman–Crippen MR) is 118 cm³/mol. The topological polar surface area (TPSA) is 100 Å². The lowest BCUT2D eigenvalue weighted by Crippen LogP contribution is -2.29. The number of halogens is 1. The molecule has 0 aliphatic heterocycles. The standard InChI is InChI=1S/C11H14BrNO2.C10H18O5/c1-11(2,3)15-10(14)13-9-6-4-8(12)5-7-9;1-9(2,3)14-7(11)13-8(12)15-10(4,5)6/h4-7H,1-3H3,(H,13,14);1-6H3. The molecule has 9 heteroatoms. The van der Waals surface area contributed by atoms with Crippen molar-refractivity contribution in [3.05, 3.63) is 28.7 Å². The van der Waals surface area contributed by atoms with E-state index in [0.717, 1.165) is 4.47 Å². The Kier molecular flexibility index (Phi) is 10.3. The molecule has 0 unspecified atom stereocenters. The summed E-state index contributed by atoms with van der Waals surface area (Å²) in [7, 11) is 0. The fraction of sp³-hybridized carbons (Fsp3) is 0.571. The molecular weight excluding hydrogens is 458 g/mol. The minimum absolute atomic E-state index is 0.440. The first-order chi connectivity index (χ1) is 13.4. The van der Waals surface area contributed by atoms with Gasteiger partial charge in [0.05, 0.1) is 0 Å². The Hall–Kier alpha value is -2.29. The van der Waals surface area contributed by atoms with E-state index < -0.39 is 35.2 Å². The summed E-state index contributed by atoms with van der Waals surface area (Å²) in [5.41, 5.74) is -1.15. The molecule has 0 spiro atoms. The number of carbonyl (C=O) groups is 3. The number of carbonyl (C=O) groups excluding carboxylic acids is 3. The first-order valence-corrected chi connectivity index (χ1v) is 10.0. The molecule has 1 amide bonds. The van der Waals surface area contributed by atoms with Crippen LogP contribution in [0, 0.1) is 0 Å². The van der Waals surface area contributed by atoms with Gasteiger partial charge in [0, 0.05) is 10.2 Å². The molecule has 30 heavy (non-hydrogen) atoms. The maximum absolute atomic E-state index is 11.4. The van der Waals surface area contributed by atoms with Crippen LogP contribution in [0.15, 0.2) is 28.7 Å². The van der Waals surface area contributed by atoms with Gasteiger partial charge >= 0.3 is 18.4 Å². The summed E-state index contributed by atoms with van der Waals surface area (Å²) in [6, 6.07) is 7.31. The summed E-state index contributed by atoms with van der Waals surface area (Å²) in [6.45, 7) is 15.5. The Morgan fingerprint density at radius 2 is 1.07 bits per heavy atom. The maximum Gasteiger partial charge on any atom is 0.519 e. The molecule has 0 aliphatic carbocycles. The number of rotatable bonds is 1. The smallest absolute Gasteiger partial charge is 0.444 e. The SMILES string of the molecule is CC(C)(C)OC(=O)Nc1ccc(Br)cc1.CC(C)(C)OC(=O)OC(=O)OC(C)(C)C. The van der Waals surface area contributed by atoms with Crippen LogP contribution in [0.3, 0.4) is 0 Å². The van der Waals surface area contributed by atoms with Gasteiger partial charge in [0.15, 0.2) is 0 Å². The third-order valence-corrected chi connectivity index (χ3v) is 2.96. The van der Waals surface area contributed by atoms with Gasteiger partial charge in [0.1, 0.15) is 16.8 Å². The van der Waals surface area contributed by atoms with E-state index >= 15 is 0 Å². The van der Waals surface area contributed by atoms with Crippen molar-refractivity contribution >= 4 is 40.0 Å². The van der Waals surface area contributed by atoms with Crippen LogP contribution in [0.25, 0.3) is 0 Å². The molecule has 0 bridgehead atoms. The Morgan fingerprint density at radius 1 is 0.700 bits per heavy atom. The monoisotopic (exact) mass is 489 g/mol. The molecule has 170 valence electrons. The second-order valence-corrected chi connectivity index (χ2v) is 10.1. The number of anilines is 1. The molecule has 1 rings (SSSR count). The fourth-order valence-electron chi connectivity index (χ4n) is 1.56. The van der Waals surface area contributed by atoms with Crippen LogP contribution in [-0.4, -0.2) is 35.2 Å². The van der Waals surface area contributed by atoms with Crippen LogP contribution in [0.4, 0.5) is 20.1 Å². The van der Waals surface area contributed by atoms with E-state index in [1.165, 1.54) is 0 Å². The van der Waals surface area contributed by atoms with Gasteiger partial charge in [0.2, 0.25) is 0 Å². The van der Waals surface area contributed by atoms with E-state index in [1.54, 1.807) is 53.7 Å². The van der Waals surface area contributed by atoms with Crippen molar-refractivity contribution in [2.24, 2.45) is 0 Å². The predicted octanol–water partition coefficient (Wildman–Crippen LogP) is 6.67. The number of hydrogen-bond donors (Lipinski definition) is 1. The Balaban J connectivity index is 0.000000561. The normalized spacial score (nSPS) is 11.4. The third kappa shape index (κ3) is 16.6. The quantitative estimate of drug-likeness (QED) is 0.267. The third-order valence-electron chi connectivity index (χ3n) is 2.44. The van der Waals surface area contributed by atoms with Gasteiger partial charge < -0.3 is 18.9 Å². The van der Waals surface area contributed by atoms with E-state index in [9.17, 15) is 14.4 Å². The number of nitrogens with one attached hydrogen (secondary N) is 1. The van der Waals surface area contributed by atoms with Crippen LogP contribution in [0.1, 0.15) is 62.3 Å².